The molecule has 1 N–H and O–H groups in total. The summed E-state index contributed by atoms with van der Waals surface area (Å²) in [6, 6.07) is 0.0382. The second kappa shape index (κ2) is 2.75. The van der Waals surface area contributed by atoms with Gasteiger partial charge in [0.25, 0.3) is 0 Å². The largest absolute Gasteiger partial charge is 0.362 e. The molecule has 0 radical (unpaired) electrons. The second-order valence-electron chi connectivity index (χ2n) is 3.12. The van der Waals surface area contributed by atoms with Crippen molar-refractivity contribution < 1.29 is 9.53 Å². The summed E-state index contributed by atoms with van der Waals surface area (Å²) in [6.45, 7) is 2.19. The van der Waals surface area contributed by atoms with Gasteiger partial charge in [0.2, 0.25) is 5.91 Å². The minimum absolute atomic E-state index is 0.0319. The van der Waals surface area contributed by atoms with Gasteiger partial charge in [-0.25, -0.2) is 0 Å². The highest BCUT2D eigenvalue weighted by molar-refractivity contribution is 5.78. The lowest BCUT2D eigenvalue weighted by Crippen LogP contribution is -2.51. The third-order valence-electron chi connectivity index (χ3n) is 2.17. The first-order chi connectivity index (χ1) is 5.77. The molecule has 1 fully saturated rings. The highest BCUT2D eigenvalue weighted by Crippen LogP contribution is 2.19. The van der Waals surface area contributed by atoms with E-state index in [1.54, 1.807) is 0 Å². The van der Waals surface area contributed by atoms with E-state index in [4.69, 9.17) is 4.74 Å². The van der Waals surface area contributed by atoms with Crippen LogP contribution in [-0.2, 0) is 9.53 Å². The molecule has 1 heterocycles. The van der Waals surface area contributed by atoms with Gasteiger partial charge in [0, 0.05) is 0 Å². The van der Waals surface area contributed by atoms with E-state index >= 15 is 0 Å². The molecule has 3 heteroatoms. The van der Waals surface area contributed by atoms with E-state index in [0.717, 1.165) is 0 Å². The van der Waals surface area contributed by atoms with Crippen molar-refractivity contribution in [3.05, 3.63) is 23.8 Å². The average Bonchev–Trinajstić information content (AvgIpc) is 2.04. The smallest absolute Gasteiger partial charge is 0.246 e. The van der Waals surface area contributed by atoms with Crippen LogP contribution in [0.3, 0.4) is 0 Å². The van der Waals surface area contributed by atoms with Crippen molar-refractivity contribution in [2.24, 2.45) is 0 Å². The van der Waals surface area contributed by atoms with Gasteiger partial charge in [-0.05, 0) is 12.5 Å². The summed E-state index contributed by atoms with van der Waals surface area (Å²) in [5.41, 5.74) is 1.17. The van der Waals surface area contributed by atoms with Gasteiger partial charge in [-0.2, -0.15) is 0 Å². The van der Waals surface area contributed by atoms with Crippen molar-refractivity contribution in [2.45, 2.75) is 19.1 Å². The third kappa shape index (κ3) is 1.16. The fourth-order valence-corrected chi connectivity index (χ4v) is 1.56. The van der Waals surface area contributed by atoms with E-state index in [9.17, 15) is 4.79 Å². The molecule has 1 amide bonds. The molecule has 1 aliphatic heterocycles. The Hall–Kier alpha value is -1.09. The van der Waals surface area contributed by atoms with Crippen molar-refractivity contribution in [3.8, 4) is 0 Å². The fourth-order valence-electron chi connectivity index (χ4n) is 1.56. The predicted molar refractivity (Wildman–Crippen MR) is 44.6 cm³/mol. The summed E-state index contributed by atoms with van der Waals surface area (Å²) in [4.78, 5) is 10.9. The van der Waals surface area contributed by atoms with Crippen molar-refractivity contribution in [1.29, 1.82) is 0 Å². The van der Waals surface area contributed by atoms with Crippen LogP contribution in [0, 0.1) is 0 Å². The highest BCUT2D eigenvalue weighted by atomic mass is 16.5. The molecule has 0 aromatic carbocycles. The number of rotatable bonds is 0. The van der Waals surface area contributed by atoms with Crippen LogP contribution in [0.5, 0.6) is 0 Å². The van der Waals surface area contributed by atoms with Gasteiger partial charge in [0.15, 0.2) is 0 Å². The Morgan fingerprint density at radius 2 is 2.50 bits per heavy atom. The topological polar surface area (TPSA) is 38.3 Å². The molecular weight excluding hydrogens is 154 g/mol. The van der Waals surface area contributed by atoms with Gasteiger partial charge in [-0.15, -0.1) is 0 Å². The van der Waals surface area contributed by atoms with Crippen molar-refractivity contribution >= 4 is 5.91 Å². The summed E-state index contributed by atoms with van der Waals surface area (Å²) in [5.74, 6) is -0.0319. The van der Waals surface area contributed by atoms with Crippen LogP contribution in [0.4, 0.5) is 0 Å². The van der Waals surface area contributed by atoms with Gasteiger partial charge >= 0.3 is 0 Å². The summed E-state index contributed by atoms with van der Waals surface area (Å²) < 4.78 is 5.37. The highest BCUT2D eigenvalue weighted by Gasteiger charge is 2.29. The molecule has 0 aromatic rings. The predicted octanol–water partition coefficient (Wildman–Crippen LogP) is 0.386. The zero-order valence-corrected chi connectivity index (χ0v) is 6.91. The molecule has 64 valence electrons. The lowest BCUT2D eigenvalue weighted by molar-refractivity contribution is -0.133. The number of morpholine rings is 1. The average molecular weight is 165 g/mol. The number of carbonyl (C=O) groups excluding carboxylic acids is 1. The number of carbonyl (C=O) groups is 1. The Bertz CT molecular complexity index is 268. The molecule has 2 atom stereocenters. The second-order valence-corrected chi connectivity index (χ2v) is 3.12. The van der Waals surface area contributed by atoms with Crippen LogP contribution < -0.4 is 5.32 Å². The first kappa shape index (κ1) is 7.55. The lowest BCUT2D eigenvalue weighted by Gasteiger charge is -2.32. The van der Waals surface area contributed by atoms with E-state index < -0.39 is 0 Å². The number of allylic oxidation sites excluding steroid dienone is 2. The number of amides is 1. The van der Waals surface area contributed by atoms with Gasteiger partial charge < -0.3 is 10.1 Å². The normalized spacial score (nSPS) is 33.8. The van der Waals surface area contributed by atoms with E-state index in [1.807, 2.05) is 25.2 Å². The maximum absolute atomic E-state index is 10.9. The molecule has 0 aromatic heterocycles. The number of hydrogen-bond acceptors (Lipinski definition) is 2. The van der Waals surface area contributed by atoms with Gasteiger partial charge in [-0.3, -0.25) is 4.79 Å². The molecule has 2 rings (SSSR count). The molecule has 0 spiro atoms. The Morgan fingerprint density at radius 3 is 3.33 bits per heavy atom. The standard InChI is InChI=1S/C9H11NO2/c1-6-3-2-4-7-9(6)12-5-8(11)10-7/h2-4,7,9H,5H2,1H3,(H,10,11). The summed E-state index contributed by atoms with van der Waals surface area (Å²) >= 11 is 0. The zero-order valence-electron chi connectivity index (χ0n) is 6.91. The van der Waals surface area contributed by atoms with E-state index in [-0.39, 0.29) is 24.7 Å². The van der Waals surface area contributed by atoms with Gasteiger partial charge in [0.05, 0.1) is 6.04 Å². The molecule has 2 aliphatic rings. The fraction of sp³-hybridized carbons (Fsp3) is 0.444. The monoisotopic (exact) mass is 165 g/mol. The number of fused-ring (bicyclic) bond motifs is 1. The van der Waals surface area contributed by atoms with Crippen LogP contribution in [0.25, 0.3) is 0 Å². The van der Waals surface area contributed by atoms with Gasteiger partial charge in [-0.1, -0.05) is 18.2 Å². The maximum atomic E-state index is 10.9. The molecule has 3 nitrogen and oxygen atoms in total. The number of nitrogens with one attached hydrogen (secondary N) is 1. The minimum Gasteiger partial charge on any atom is -0.362 e. The molecule has 1 saturated heterocycles. The molecule has 1 aliphatic carbocycles. The van der Waals surface area contributed by atoms with Crippen LogP contribution >= 0.6 is 0 Å². The lowest BCUT2D eigenvalue weighted by atomic mass is 9.97. The summed E-state index contributed by atoms with van der Waals surface area (Å²) in [7, 11) is 0. The van der Waals surface area contributed by atoms with Crippen LogP contribution in [0.15, 0.2) is 23.8 Å². The molecule has 0 saturated carbocycles. The SMILES string of the molecule is CC1=CC=CC2NC(=O)COC12. The Morgan fingerprint density at radius 1 is 1.67 bits per heavy atom. The minimum atomic E-state index is -0.0319. The first-order valence-corrected chi connectivity index (χ1v) is 4.03. The Balaban J connectivity index is 2.18. The quantitative estimate of drug-likeness (QED) is 0.563. The van der Waals surface area contributed by atoms with E-state index in [1.165, 1.54) is 5.57 Å². The summed E-state index contributed by atoms with van der Waals surface area (Å²) in [6.07, 6.45) is 5.96. The zero-order chi connectivity index (χ0) is 8.55. The van der Waals surface area contributed by atoms with Crippen molar-refractivity contribution in [3.63, 3.8) is 0 Å². The first-order valence-electron chi connectivity index (χ1n) is 4.03. The van der Waals surface area contributed by atoms with Gasteiger partial charge in [0.1, 0.15) is 12.7 Å². The third-order valence-corrected chi connectivity index (χ3v) is 2.17. The molecule has 2 unspecified atom stereocenters. The molecule has 0 bridgehead atoms. The van der Waals surface area contributed by atoms with Crippen LogP contribution in [-0.4, -0.2) is 24.7 Å². The van der Waals surface area contributed by atoms with E-state index in [2.05, 4.69) is 5.32 Å². The van der Waals surface area contributed by atoms with E-state index in [0.29, 0.717) is 0 Å². The Labute approximate surface area is 71.1 Å². The van der Waals surface area contributed by atoms with Crippen LogP contribution in [0.2, 0.25) is 0 Å². The van der Waals surface area contributed by atoms with Crippen molar-refractivity contribution in [1.82, 2.24) is 5.32 Å². The molecule has 12 heavy (non-hydrogen) atoms. The number of hydrogen-bond donors (Lipinski definition) is 1. The number of ether oxygens (including phenoxy) is 1. The molecular formula is C9H11NO2. The van der Waals surface area contributed by atoms with Crippen molar-refractivity contribution in [2.75, 3.05) is 6.61 Å². The van der Waals surface area contributed by atoms with Crippen LogP contribution in [0.1, 0.15) is 6.92 Å². The summed E-state index contributed by atoms with van der Waals surface area (Å²) in [5, 5.41) is 2.86. The Kier molecular flexibility index (Phi) is 1.73. The maximum Gasteiger partial charge on any atom is 0.246 e.